The number of likely N-dealkylation sites (tertiary alicyclic amines) is 1. The number of hydrogen-bond acceptors (Lipinski definition) is 3. The smallest absolute Gasteiger partial charge is 0.255 e. The molecule has 1 amide bonds. The average Bonchev–Trinajstić information content (AvgIpc) is 2.45. The average molecular weight is 272 g/mol. The summed E-state index contributed by atoms with van der Waals surface area (Å²) in [6.07, 6.45) is 6.43. The van der Waals surface area contributed by atoms with E-state index < -0.39 is 0 Å². The van der Waals surface area contributed by atoms with Crippen LogP contribution in [0.25, 0.3) is 0 Å². The molecule has 1 aromatic rings. The van der Waals surface area contributed by atoms with Crippen LogP contribution in [0.5, 0.6) is 0 Å². The third kappa shape index (κ3) is 3.00. The number of carbonyl (C=O) groups is 1. The van der Waals surface area contributed by atoms with Gasteiger partial charge in [0.25, 0.3) is 5.91 Å². The fourth-order valence-corrected chi connectivity index (χ4v) is 2.78. The summed E-state index contributed by atoms with van der Waals surface area (Å²) in [6.45, 7) is 3.96. The summed E-state index contributed by atoms with van der Waals surface area (Å²) in [6, 6.07) is 2.20. The molecule has 20 heavy (non-hydrogen) atoms. The lowest BCUT2D eigenvalue weighted by Gasteiger charge is -2.39. The van der Waals surface area contributed by atoms with Crippen molar-refractivity contribution in [3.8, 4) is 11.8 Å². The number of aliphatic hydroxyl groups is 1. The van der Waals surface area contributed by atoms with Gasteiger partial charge in [-0.05, 0) is 39.2 Å². The Hall–Kier alpha value is -1.86. The molecule has 2 rings (SSSR count). The number of hydrogen-bond donors (Lipinski definition) is 1. The molecule has 1 saturated heterocycles. The third-order valence-corrected chi connectivity index (χ3v) is 3.78. The predicted molar refractivity (Wildman–Crippen MR) is 77.1 cm³/mol. The number of piperidine rings is 1. The summed E-state index contributed by atoms with van der Waals surface area (Å²) in [7, 11) is 0. The van der Waals surface area contributed by atoms with Crippen LogP contribution in [0.2, 0.25) is 0 Å². The van der Waals surface area contributed by atoms with Crippen molar-refractivity contribution in [2.24, 2.45) is 0 Å². The predicted octanol–water partition coefficient (Wildman–Crippen LogP) is 1.83. The summed E-state index contributed by atoms with van der Waals surface area (Å²) in [5.41, 5.74) is 1.15. The van der Waals surface area contributed by atoms with Crippen molar-refractivity contribution in [1.82, 2.24) is 9.88 Å². The lowest BCUT2D eigenvalue weighted by atomic mass is 9.96. The monoisotopic (exact) mass is 272 g/mol. The first-order chi connectivity index (χ1) is 9.65. The van der Waals surface area contributed by atoms with E-state index in [0.29, 0.717) is 11.1 Å². The summed E-state index contributed by atoms with van der Waals surface area (Å²) in [4.78, 5) is 18.7. The zero-order chi connectivity index (χ0) is 14.5. The molecule has 0 unspecified atom stereocenters. The molecule has 0 spiro atoms. The highest BCUT2D eigenvalue weighted by atomic mass is 16.2. The topological polar surface area (TPSA) is 53.4 Å². The van der Waals surface area contributed by atoms with Crippen LogP contribution in [0.1, 0.15) is 49.0 Å². The zero-order valence-electron chi connectivity index (χ0n) is 12.0. The fraction of sp³-hybridized carbons (Fsp3) is 0.500. The van der Waals surface area contributed by atoms with Crippen LogP contribution in [-0.2, 0) is 0 Å². The molecule has 0 saturated carbocycles. The highest BCUT2D eigenvalue weighted by Crippen LogP contribution is 2.25. The molecule has 1 aromatic heterocycles. The molecule has 1 aliphatic rings. The van der Waals surface area contributed by atoms with Gasteiger partial charge in [-0.1, -0.05) is 11.8 Å². The first kappa shape index (κ1) is 14.5. The lowest BCUT2D eigenvalue weighted by molar-refractivity contribution is 0.0510. The van der Waals surface area contributed by atoms with Gasteiger partial charge in [-0.25, -0.2) is 0 Å². The molecular weight excluding hydrogens is 252 g/mol. The van der Waals surface area contributed by atoms with E-state index in [1.165, 1.54) is 6.42 Å². The second kappa shape index (κ2) is 6.53. The molecule has 4 heteroatoms. The summed E-state index contributed by atoms with van der Waals surface area (Å²) < 4.78 is 0. The first-order valence-electron chi connectivity index (χ1n) is 7.01. The van der Waals surface area contributed by atoms with Crippen LogP contribution in [0, 0.1) is 11.8 Å². The molecule has 0 bridgehead atoms. The minimum atomic E-state index is -0.223. The molecule has 0 radical (unpaired) electrons. The van der Waals surface area contributed by atoms with Crippen molar-refractivity contribution in [1.29, 1.82) is 0 Å². The van der Waals surface area contributed by atoms with Gasteiger partial charge in [-0.2, -0.15) is 0 Å². The molecule has 4 nitrogen and oxygen atoms in total. The van der Waals surface area contributed by atoms with Crippen LogP contribution in [0.3, 0.4) is 0 Å². The van der Waals surface area contributed by atoms with Crippen molar-refractivity contribution in [3.05, 3.63) is 29.6 Å². The van der Waals surface area contributed by atoms with Gasteiger partial charge in [0.15, 0.2) is 0 Å². The maximum absolute atomic E-state index is 12.8. The van der Waals surface area contributed by atoms with Crippen LogP contribution in [0.4, 0.5) is 0 Å². The minimum absolute atomic E-state index is 0.00865. The van der Waals surface area contributed by atoms with Gasteiger partial charge >= 0.3 is 0 Å². The molecule has 2 atom stereocenters. The van der Waals surface area contributed by atoms with E-state index in [4.69, 9.17) is 5.11 Å². The van der Waals surface area contributed by atoms with E-state index in [1.807, 2.05) is 4.90 Å². The second-order valence-electron chi connectivity index (χ2n) is 5.22. The number of aliphatic hydroxyl groups excluding tert-OH is 1. The number of aromatic nitrogens is 1. The Labute approximate surface area is 119 Å². The van der Waals surface area contributed by atoms with Crippen LogP contribution in [0.15, 0.2) is 18.5 Å². The standard InChI is InChI=1S/C16H20N2O2/c1-12-5-3-6-13(2)18(12)16(20)15-8-9-17-11-14(15)7-4-10-19/h8-9,11-13,19H,3,5-6,10H2,1-2H3/t12-,13+. The van der Waals surface area contributed by atoms with Gasteiger partial charge in [0.1, 0.15) is 6.61 Å². The Balaban J connectivity index is 2.33. The highest BCUT2D eigenvalue weighted by Gasteiger charge is 2.30. The van der Waals surface area contributed by atoms with Crippen LogP contribution in [-0.4, -0.2) is 39.6 Å². The molecule has 1 fully saturated rings. The largest absolute Gasteiger partial charge is 0.384 e. The van der Waals surface area contributed by atoms with E-state index in [1.54, 1.807) is 18.5 Å². The van der Waals surface area contributed by atoms with Crippen molar-refractivity contribution >= 4 is 5.91 Å². The molecular formula is C16H20N2O2. The zero-order valence-corrected chi connectivity index (χ0v) is 12.0. The lowest BCUT2D eigenvalue weighted by Crippen LogP contribution is -2.47. The summed E-state index contributed by atoms with van der Waals surface area (Å²) >= 11 is 0. The first-order valence-corrected chi connectivity index (χ1v) is 7.01. The van der Waals surface area contributed by atoms with E-state index in [-0.39, 0.29) is 24.6 Å². The maximum atomic E-state index is 12.8. The minimum Gasteiger partial charge on any atom is -0.384 e. The van der Waals surface area contributed by atoms with Gasteiger partial charge < -0.3 is 10.0 Å². The molecule has 2 heterocycles. The number of nitrogens with zero attached hydrogens (tertiary/aromatic N) is 2. The Morgan fingerprint density at radius 1 is 1.45 bits per heavy atom. The third-order valence-electron chi connectivity index (χ3n) is 3.78. The van der Waals surface area contributed by atoms with E-state index in [2.05, 4.69) is 30.7 Å². The Morgan fingerprint density at radius 3 is 2.80 bits per heavy atom. The number of carbonyl (C=O) groups excluding carboxylic acids is 1. The number of amides is 1. The van der Waals surface area contributed by atoms with E-state index >= 15 is 0 Å². The van der Waals surface area contributed by atoms with Crippen molar-refractivity contribution in [2.45, 2.75) is 45.2 Å². The van der Waals surface area contributed by atoms with Gasteiger partial charge in [-0.15, -0.1) is 0 Å². The van der Waals surface area contributed by atoms with Gasteiger partial charge in [-0.3, -0.25) is 9.78 Å². The van der Waals surface area contributed by atoms with Crippen molar-refractivity contribution in [3.63, 3.8) is 0 Å². The molecule has 0 aromatic carbocycles. The summed E-state index contributed by atoms with van der Waals surface area (Å²) in [5, 5.41) is 8.80. The van der Waals surface area contributed by atoms with Crippen LogP contribution >= 0.6 is 0 Å². The Morgan fingerprint density at radius 2 is 2.15 bits per heavy atom. The number of pyridine rings is 1. The van der Waals surface area contributed by atoms with Crippen LogP contribution < -0.4 is 0 Å². The van der Waals surface area contributed by atoms with Gasteiger partial charge in [0.05, 0.1) is 11.1 Å². The fourth-order valence-electron chi connectivity index (χ4n) is 2.78. The van der Waals surface area contributed by atoms with Crippen molar-refractivity contribution < 1.29 is 9.90 Å². The SMILES string of the molecule is C[C@@H]1CCC[C@H](C)N1C(=O)c1ccncc1C#CCO. The normalized spacial score (nSPS) is 22.1. The molecule has 0 aliphatic carbocycles. The van der Waals surface area contributed by atoms with E-state index in [0.717, 1.165) is 12.8 Å². The van der Waals surface area contributed by atoms with E-state index in [9.17, 15) is 4.79 Å². The Bertz CT molecular complexity index is 535. The number of rotatable bonds is 1. The molecule has 1 aliphatic heterocycles. The van der Waals surface area contributed by atoms with Gasteiger partial charge in [0, 0.05) is 24.5 Å². The maximum Gasteiger partial charge on any atom is 0.255 e. The van der Waals surface area contributed by atoms with Crippen molar-refractivity contribution in [2.75, 3.05) is 6.61 Å². The highest BCUT2D eigenvalue weighted by molar-refractivity contribution is 5.97. The quantitative estimate of drug-likeness (QED) is 0.794. The molecule has 106 valence electrons. The molecule has 1 N–H and O–H groups in total. The second-order valence-corrected chi connectivity index (χ2v) is 5.22. The Kier molecular flexibility index (Phi) is 4.75. The van der Waals surface area contributed by atoms with Gasteiger partial charge in [0.2, 0.25) is 0 Å². The summed E-state index contributed by atoms with van der Waals surface area (Å²) in [5.74, 6) is 5.39.